The van der Waals surface area contributed by atoms with Crippen LogP contribution in [0, 0.1) is 11.8 Å². The van der Waals surface area contributed by atoms with Crippen molar-refractivity contribution in [1.29, 1.82) is 0 Å². The molecule has 0 saturated carbocycles. The number of rotatable bonds is 13. The first-order valence-electron chi connectivity index (χ1n) is 9.17. The molecule has 0 radical (unpaired) electrons. The van der Waals surface area contributed by atoms with Crippen molar-refractivity contribution in [2.75, 3.05) is 6.54 Å². The first-order valence-corrected chi connectivity index (χ1v) is 10.7. The monoisotopic (exact) mass is 437 g/mol. The van der Waals surface area contributed by atoms with Gasteiger partial charge in [-0.15, -0.1) is 0 Å². The summed E-state index contributed by atoms with van der Waals surface area (Å²) in [6.45, 7) is 7.35. The van der Waals surface area contributed by atoms with Gasteiger partial charge in [-0.3, -0.25) is 19.2 Å². The van der Waals surface area contributed by atoms with Crippen molar-refractivity contribution in [2.24, 2.45) is 11.8 Å². The Kier molecular flexibility index (Phi) is 10.8. The van der Waals surface area contributed by atoms with Crippen LogP contribution < -0.4 is 15.4 Å². The summed E-state index contributed by atoms with van der Waals surface area (Å²) in [5.41, 5.74) is 0. The van der Waals surface area contributed by atoms with E-state index in [1.807, 2.05) is 18.6 Å². The Hall–Kier alpha value is -2.21. The molecule has 2 amide bonds. The predicted molar refractivity (Wildman–Crippen MR) is 104 cm³/mol. The summed E-state index contributed by atoms with van der Waals surface area (Å²) in [5, 5.41) is 21.4. The quantitative estimate of drug-likeness (QED) is 0.256. The van der Waals surface area contributed by atoms with E-state index in [2.05, 4.69) is 10.6 Å². The lowest BCUT2D eigenvalue weighted by Crippen LogP contribution is -2.53. The molecule has 0 saturated heterocycles. The van der Waals surface area contributed by atoms with Crippen molar-refractivity contribution < 1.29 is 37.8 Å². The van der Waals surface area contributed by atoms with Crippen LogP contribution in [-0.4, -0.2) is 66.3 Å². The molecule has 0 aromatic carbocycles. The van der Waals surface area contributed by atoms with E-state index in [4.69, 9.17) is 5.11 Å². The highest BCUT2D eigenvalue weighted by Gasteiger charge is 2.34. The summed E-state index contributed by atoms with van der Waals surface area (Å²) in [6.07, 6.45) is -0.538. The summed E-state index contributed by atoms with van der Waals surface area (Å²) in [6, 6.07) is -2.35. The lowest BCUT2D eigenvalue weighted by Gasteiger charge is -2.24. The maximum absolute atomic E-state index is 12.6. The molecular formula is C17H31N3O8S. The first kappa shape index (κ1) is 26.8. The molecule has 12 heteroatoms. The molecule has 0 spiro atoms. The van der Waals surface area contributed by atoms with Crippen LogP contribution >= 0.6 is 0 Å². The molecule has 0 aliphatic heterocycles. The third-order valence-electron chi connectivity index (χ3n) is 3.97. The second-order valence-corrected chi connectivity index (χ2v) is 9.56. The van der Waals surface area contributed by atoms with E-state index in [-0.39, 0.29) is 5.92 Å². The highest BCUT2D eigenvalue weighted by molar-refractivity contribution is 7.90. The third kappa shape index (κ3) is 10.2. The Morgan fingerprint density at radius 3 is 1.93 bits per heavy atom. The number of hydrogen-bond donors (Lipinski definition) is 5. The van der Waals surface area contributed by atoms with Gasteiger partial charge < -0.3 is 20.8 Å². The fourth-order valence-electron chi connectivity index (χ4n) is 2.52. The minimum Gasteiger partial charge on any atom is -0.481 e. The van der Waals surface area contributed by atoms with Crippen molar-refractivity contribution >= 4 is 33.8 Å². The zero-order valence-corrected chi connectivity index (χ0v) is 18.1. The number of carbonyl (C=O) groups excluding carboxylic acids is 2. The van der Waals surface area contributed by atoms with Crippen LogP contribution in [0.3, 0.4) is 0 Å². The fourth-order valence-corrected chi connectivity index (χ4v) is 4.10. The average molecular weight is 438 g/mol. The molecule has 0 aromatic rings. The Morgan fingerprint density at radius 2 is 1.55 bits per heavy atom. The van der Waals surface area contributed by atoms with Crippen molar-refractivity contribution in [3.05, 3.63) is 0 Å². The van der Waals surface area contributed by atoms with Gasteiger partial charge in [-0.05, 0) is 18.3 Å². The number of carbonyl (C=O) groups is 4. The molecule has 0 aliphatic rings. The topological polar surface area (TPSA) is 179 Å². The maximum atomic E-state index is 12.6. The summed E-state index contributed by atoms with van der Waals surface area (Å²) in [4.78, 5) is 46.1. The smallest absolute Gasteiger partial charge is 0.321 e. The Bertz CT molecular complexity index is 705. The number of sulfonamides is 1. The van der Waals surface area contributed by atoms with Gasteiger partial charge in [0.15, 0.2) is 0 Å². The van der Waals surface area contributed by atoms with Gasteiger partial charge in [0.2, 0.25) is 21.8 Å². The van der Waals surface area contributed by atoms with E-state index < -0.39 is 70.0 Å². The SMILES string of the molecule is CC(=O)N[C@@H](CC(C)C)C(=O)NCC(CC(=O)O)S(=O)(=O)N[C@H](C(=O)O)C(C)C. The second-order valence-electron chi connectivity index (χ2n) is 7.57. The Balaban J connectivity index is 5.42. The molecule has 0 fully saturated rings. The molecule has 5 N–H and O–H groups in total. The molecular weight excluding hydrogens is 406 g/mol. The molecule has 0 aliphatic carbocycles. The minimum absolute atomic E-state index is 0.0557. The van der Waals surface area contributed by atoms with Crippen LogP contribution in [0.25, 0.3) is 0 Å². The molecule has 0 aromatic heterocycles. The van der Waals surface area contributed by atoms with Gasteiger partial charge in [0.05, 0.1) is 6.42 Å². The largest absolute Gasteiger partial charge is 0.481 e. The highest BCUT2D eigenvalue weighted by atomic mass is 32.2. The number of nitrogens with one attached hydrogen (secondary N) is 3. The van der Waals surface area contributed by atoms with Crippen LogP contribution in [0.4, 0.5) is 0 Å². The predicted octanol–water partition coefficient (Wildman–Crippen LogP) is -0.475. The lowest BCUT2D eigenvalue weighted by atomic mass is 10.0. The average Bonchev–Trinajstić information content (AvgIpc) is 2.53. The zero-order chi connectivity index (χ0) is 22.9. The molecule has 29 heavy (non-hydrogen) atoms. The number of hydrogen-bond acceptors (Lipinski definition) is 6. The van der Waals surface area contributed by atoms with Crippen LogP contribution in [-0.2, 0) is 29.2 Å². The number of aliphatic carboxylic acids is 2. The van der Waals surface area contributed by atoms with Crippen LogP contribution in [0.1, 0.15) is 47.5 Å². The van der Waals surface area contributed by atoms with Gasteiger partial charge in [-0.2, -0.15) is 0 Å². The Labute approximate surface area is 170 Å². The van der Waals surface area contributed by atoms with Gasteiger partial charge in [0.1, 0.15) is 17.3 Å². The minimum atomic E-state index is -4.39. The lowest BCUT2D eigenvalue weighted by molar-refractivity contribution is -0.140. The maximum Gasteiger partial charge on any atom is 0.321 e. The van der Waals surface area contributed by atoms with Crippen LogP contribution in [0.15, 0.2) is 0 Å². The standard InChI is InChI=1S/C17H31N3O8S/c1-9(2)6-13(19-11(5)21)16(24)18-8-12(7-14(22)23)29(27,28)20-15(10(3)4)17(25)26/h9-10,12-13,15,20H,6-8H2,1-5H3,(H,18,24)(H,19,21)(H,22,23)(H,25,26)/t12?,13-,15-/m0/s1. The van der Waals surface area contributed by atoms with Crippen molar-refractivity contribution in [2.45, 2.75) is 64.8 Å². The molecule has 1 unspecified atom stereocenters. The van der Waals surface area contributed by atoms with E-state index in [9.17, 15) is 32.7 Å². The van der Waals surface area contributed by atoms with Crippen molar-refractivity contribution in [3.63, 3.8) is 0 Å². The normalized spacial score (nSPS) is 14.9. The second kappa shape index (κ2) is 11.7. The van der Waals surface area contributed by atoms with Gasteiger partial charge in [-0.25, -0.2) is 13.1 Å². The molecule has 0 bridgehead atoms. The molecule has 168 valence electrons. The Morgan fingerprint density at radius 1 is 1.00 bits per heavy atom. The van der Waals surface area contributed by atoms with E-state index >= 15 is 0 Å². The number of carboxylic acids is 2. The summed E-state index contributed by atoms with van der Waals surface area (Å²) in [5.74, 6) is -4.45. The zero-order valence-electron chi connectivity index (χ0n) is 17.3. The van der Waals surface area contributed by atoms with Crippen molar-refractivity contribution in [1.82, 2.24) is 15.4 Å². The number of carboxylic acid groups (broad SMARTS) is 2. The van der Waals surface area contributed by atoms with E-state index in [1.165, 1.54) is 20.8 Å². The van der Waals surface area contributed by atoms with Gasteiger partial charge in [-0.1, -0.05) is 27.7 Å². The van der Waals surface area contributed by atoms with Crippen LogP contribution in [0.2, 0.25) is 0 Å². The summed E-state index contributed by atoms with van der Waals surface area (Å²) >= 11 is 0. The van der Waals surface area contributed by atoms with E-state index in [0.29, 0.717) is 6.42 Å². The van der Waals surface area contributed by atoms with Gasteiger partial charge in [0.25, 0.3) is 0 Å². The molecule has 11 nitrogen and oxygen atoms in total. The van der Waals surface area contributed by atoms with E-state index in [1.54, 1.807) is 0 Å². The van der Waals surface area contributed by atoms with Gasteiger partial charge in [0, 0.05) is 13.5 Å². The molecule has 0 heterocycles. The van der Waals surface area contributed by atoms with Crippen molar-refractivity contribution in [3.8, 4) is 0 Å². The third-order valence-corrected chi connectivity index (χ3v) is 5.76. The fraction of sp³-hybridized carbons (Fsp3) is 0.765. The molecule has 3 atom stereocenters. The summed E-state index contributed by atoms with van der Waals surface area (Å²) < 4.78 is 27.1. The highest BCUT2D eigenvalue weighted by Crippen LogP contribution is 2.11. The number of amides is 2. The molecule has 0 rings (SSSR count). The van der Waals surface area contributed by atoms with Crippen LogP contribution in [0.5, 0.6) is 0 Å². The van der Waals surface area contributed by atoms with Gasteiger partial charge >= 0.3 is 11.9 Å². The van der Waals surface area contributed by atoms with E-state index in [0.717, 1.165) is 0 Å². The first-order chi connectivity index (χ1) is 13.2. The summed E-state index contributed by atoms with van der Waals surface area (Å²) in [7, 11) is -4.39.